The molecule has 0 unspecified atom stereocenters. The maximum atomic E-state index is 10.8. The van der Waals surface area contributed by atoms with Crippen molar-refractivity contribution in [2.45, 2.75) is 12.8 Å². The Hall–Kier alpha value is -2.89. The zero-order valence-corrected chi connectivity index (χ0v) is 11.3. The van der Waals surface area contributed by atoms with Gasteiger partial charge >= 0.3 is 0 Å². The van der Waals surface area contributed by atoms with Gasteiger partial charge in [0.15, 0.2) is 0 Å². The molecule has 2 heterocycles. The van der Waals surface area contributed by atoms with Gasteiger partial charge in [-0.3, -0.25) is 4.79 Å². The van der Waals surface area contributed by atoms with Crippen molar-refractivity contribution in [3.05, 3.63) is 42.4 Å². The highest BCUT2D eigenvalue weighted by molar-refractivity contribution is 6.00. The van der Waals surface area contributed by atoms with Gasteiger partial charge in [-0.2, -0.15) is 0 Å². The lowest BCUT2D eigenvalue weighted by molar-refractivity contribution is -0.117. The van der Waals surface area contributed by atoms with Crippen LogP contribution in [0.15, 0.2) is 36.8 Å². The van der Waals surface area contributed by atoms with E-state index in [-0.39, 0.29) is 5.91 Å². The molecule has 0 fully saturated rings. The Morgan fingerprint density at radius 2 is 1.95 bits per heavy atom. The zero-order valence-electron chi connectivity index (χ0n) is 11.3. The summed E-state index contributed by atoms with van der Waals surface area (Å²) in [5, 5.41) is 0.822. The lowest BCUT2D eigenvalue weighted by Gasteiger charge is -2.04. The summed E-state index contributed by atoms with van der Waals surface area (Å²) in [6.45, 7) is 0. The Morgan fingerprint density at radius 3 is 2.67 bits per heavy atom. The van der Waals surface area contributed by atoms with E-state index >= 15 is 0 Å². The number of aromatic nitrogens is 3. The van der Waals surface area contributed by atoms with Gasteiger partial charge in [0.2, 0.25) is 5.91 Å². The third-order valence-electron chi connectivity index (χ3n) is 3.42. The second kappa shape index (κ2) is 5.24. The van der Waals surface area contributed by atoms with Crippen LogP contribution in [0.2, 0.25) is 0 Å². The fourth-order valence-electron chi connectivity index (χ4n) is 2.33. The van der Waals surface area contributed by atoms with E-state index in [1.54, 1.807) is 0 Å². The van der Waals surface area contributed by atoms with Crippen molar-refractivity contribution in [1.82, 2.24) is 15.0 Å². The largest absolute Gasteiger partial charge is 0.383 e. The summed E-state index contributed by atoms with van der Waals surface area (Å²) in [6, 6.07) is 7.95. The molecule has 6 heteroatoms. The Morgan fingerprint density at radius 1 is 1.19 bits per heavy atom. The maximum absolute atomic E-state index is 10.8. The summed E-state index contributed by atoms with van der Waals surface area (Å²) in [5.74, 6) is 0.162. The van der Waals surface area contributed by atoms with Crippen molar-refractivity contribution >= 4 is 22.8 Å². The summed E-state index contributed by atoms with van der Waals surface area (Å²) in [6.07, 6.45) is 4.31. The van der Waals surface area contributed by atoms with Crippen LogP contribution in [-0.2, 0) is 11.2 Å². The molecule has 0 aliphatic heterocycles. The molecule has 2 aromatic heterocycles. The number of H-pyrrole nitrogens is 1. The summed E-state index contributed by atoms with van der Waals surface area (Å²) >= 11 is 0. The van der Waals surface area contributed by atoms with E-state index in [0.717, 1.165) is 27.7 Å². The van der Waals surface area contributed by atoms with Gasteiger partial charge in [-0.1, -0.05) is 24.3 Å². The minimum atomic E-state index is -0.291. The number of carbonyl (C=O) groups is 1. The average molecular weight is 281 g/mol. The first-order valence-electron chi connectivity index (χ1n) is 6.60. The summed E-state index contributed by atoms with van der Waals surface area (Å²) in [7, 11) is 0. The van der Waals surface area contributed by atoms with Crippen LogP contribution in [0.1, 0.15) is 12.0 Å². The van der Waals surface area contributed by atoms with E-state index in [4.69, 9.17) is 11.5 Å². The standard InChI is InChI=1S/C15H15N5O/c16-12(21)6-3-9-1-4-10(5-2-9)11-7-18-15-13(11)14(17)19-8-20-15/h1-2,4-5,7-8H,3,6H2,(H2,16,21)(H3,17,18,19,20). The SMILES string of the molecule is NC(=O)CCc1ccc(-c2c[nH]c3ncnc(N)c23)cc1. The highest BCUT2D eigenvalue weighted by atomic mass is 16.1. The van der Waals surface area contributed by atoms with Crippen LogP contribution in [-0.4, -0.2) is 20.9 Å². The number of fused-ring (bicyclic) bond motifs is 1. The van der Waals surface area contributed by atoms with E-state index < -0.39 is 0 Å². The van der Waals surface area contributed by atoms with Crippen molar-refractivity contribution in [1.29, 1.82) is 0 Å². The van der Waals surface area contributed by atoms with Crippen LogP contribution in [0, 0.1) is 0 Å². The number of carbonyl (C=O) groups excluding carboxylic acids is 1. The van der Waals surface area contributed by atoms with Crippen LogP contribution < -0.4 is 11.5 Å². The van der Waals surface area contributed by atoms with Crippen LogP contribution >= 0.6 is 0 Å². The number of nitrogens with one attached hydrogen (secondary N) is 1. The molecule has 1 amide bonds. The van der Waals surface area contributed by atoms with Crippen molar-refractivity contribution < 1.29 is 4.79 Å². The lowest BCUT2D eigenvalue weighted by atomic mass is 10.0. The molecular weight excluding hydrogens is 266 g/mol. The lowest BCUT2D eigenvalue weighted by Crippen LogP contribution is -2.11. The molecule has 3 aromatic rings. The van der Waals surface area contributed by atoms with Gasteiger partial charge in [0.25, 0.3) is 0 Å². The molecule has 0 bridgehead atoms. The van der Waals surface area contributed by atoms with Gasteiger partial charge < -0.3 is 16.5 Å². The molecule has 0 radical (unpaired) electrons. The molecule has 0 saturated heterocycles. The number of hydrogen-bond acceptors (Lipinski definition) is 4. The van der Waals surface area contributed by atoms with Gasteiger partial charge in [0.05, 0.1) is 5.39 Å². The number of nitrogen functional groups attached to an aromatic ring is 1. The molecule has 0 aliphatic rings. The number of rotatable bonds is 4. The maximum Gasteiger partial charge on any atom is 0.217 e. The van der Waals surface area contributed by atoms with Gasteiger partial charge in [0.1, 0.15) is 17.8 Å². The second-order valence-corrected chi connectivity index (χ2v) is 4.85. The number of nitrogens with two attached hydrogens (primary N) is 2. The highest BCUT2D eigenvalue weighted by Gasteiger charge is 2.10. The first-order valence-corrected chi connectivity index (χ1v) is 6.60. The Labute approximate surface area is 121 Å². The molecule has 0 spiro atoms. The molecule has 21 heavy (non-hydrogen) atoms. The third-order valence-corrected chi connectivity index (χ3v) is 3.42. The molecule has 3 rings (SSSR count). The number of aryl methyl sites for hydroxylation is 1. The van der Waals surface area contributed by atoms with Gasteiger partial charge in [-0.05, 0) is 17.5 Å². The molecule has 0 aliphatic carbocycles. The quantitative estimate of drug-likeness (QED) is 0.674. The van der Waals surface area contributed by atoms with Crippen molar-refractivity contribution in [2.75, 3.05) is 5.73 Å². The van der Waals surface area contributed by atoms with E-state index in [2.05, 4.69) is 15.0 Å². The predicted molar refractivity (Wildman–Crippen MR) is 81.3 cm³/mol. The van der Waals surface area contributed by atoms with Gasteiger partial charge in [0, 0.05) is 18.2 Å². The number of anilines is 1. The number of nitrogens with zero attached hydrogens (tertiary/aromatic N) is 2. The molecule has 0 saturated carbocycles. The molecule has 6 nitrogen and oxygen atoms in total. The molecule has 106 valence electrons. The Kier molecular flexibility index (Phi) is 3.27. The monoisotopic (exact) mass is 281 g/mol. The van der Waals surface area contributed by atoms with E-state index in [9.17, 15) is 4.79 Å². The van der Waals surface area contributed by atoms with E-state index in [0.29, 0.717) is 18.7 Å². The van der Waals surface area contributed by atoms with Gasteiger partial charge in [-0.15, -0.1) is 0 Å². The number of aromatic amines is 1. The van der Waals surface area contributed by atoms with Crippen molar-refractivity contribution in [3.63, 3.8) is 0 Å². The smallest absolute Gasteiger partial charge is 0.217 e. The number of amides is 1. The van der Waals surface area contributed by atoms with Crippen LogP contribution in [0.5, 0.6) is 0 Å². The Balaban J connectivity index is 1.94. The average Bonchev–Trinajstić information content (AvgIpc) is 2.91. The normalized spacial score (nSPS) is 10.9. The number of hydrogen-bond donors (Lipinski definition) is 3. The highest BCUT2D eigenvalue weighted by Crippen LogP contribution is 2.30. The van der Waals surface area contributed by atoms with Crippen molar-refractivity contribution in [2.24, 2.45) is 5.73 Å². The first kappa shape index (κ1) is 13.1. The minimum absolute atomic E-state index is 0.291. The zero-order chi connectivity index (χ0) is 14.8. The van der Waals surface area contributed by atoms with E-state index in [1.165, 1.54) is 6.33 Å². The molecule has 5 N–H and O–H groups in total. The predicted octanol–water partition coefficient (Wildman–Crippen LogP) is 1.62. The first-order chi connectivity index (χ1) is 10.1. The Bertz CT molecular complexity index is 791. The summed E-state index contributed by atoms with van der Waals surface area (Å²) in [4.78, 5) is 22.1. The molecule has 1 aromatic carbocycles. The second-order valence-electron chi connectivity index (χ2n) is 4.85. The summed E-state index contributed by atoms with van der Waals surface area (Å²) < 4.78 is 0. The topological polar surface area (TPSA) is 111 Å². The minimum Gasteiger partial charge on any atom is -0.383 e. The van der Waals surface area contributed by atoms with Crippen LogP contribution in [0.4, 0.5) is 5.82 Å². The number of primary amides is 1. The van der Waals surface area contributed by atoms with Crippen molar-refractivity contribution in [3.8, 4) is 11.1 Å². The van der Waals surface area contributed by atoms with Crippen LogP contribution in [0.25, 0.3) is 22.2 Å². The fourth-order valence-corrected chi connectivity index (χ4v) is 2.33. The summed E-state index contributed by atoms with van der Waals surface area (Å²) in [5.41, 5.74) is 14.9. The van der Waals surface area contributed by atoms with Gasteiger partial charge in [-0.25, -0.2) is 9.97 Å². The van der Waals surface area contributed by atoms with Crippen LogP contribution in [0.3, 0.4) is 0 Å². The molecular formula is C15H15N5O. The fraction of sp³-hybridized carbons (Fsp3) is 0.133. The van der Waals surface area contributed by atoms with E-state index in [1.807, 2.05) is 30.5 Å². The third kappa shape index (κ3) is 2.55. The molecule has 0 atom stereocenters. The number of benzene rings is 1.